The number of rotatable bonds is 4. The van der Waals surface area contributed by atoms with Gasteiger partial charge in [0.1, 0.15) is 0 Å². The van der Waals surface area contributed by atoms with Crippen LogP contribution < -0.4 is 5.73 Å². The number of halogens is 1. The summed E-state index contributed by atoms with van der Waals surface area (Å²) >= 11 is 5.88. The molecule has 21 heavy (non-hydrogen) atoms. The van der Waals surface area contributed by atoms with E-state index in [2.05, 4.69) is 4.90 Å². The number of amides is 1. The molecule has 0 unspecified atom stereocenters. The maximum Gasteiger partial charge on any atom is 0.255 e. The van der Waals surface area contributed by atoms with Crippen molar-refractivity contribution in [1.29, 1.82) is 0 Å². The van der Waals surface area contributed by atoms with Crippen molar-refractivity contribution >= 4 is 23.2 Å². The maximum atomic E-state index is 12.6. The lowest BCUT2D eigenvalue weighted by Crippen LogP contribution is -2.36. The molecule has 2 rings (SSSR count). The Balaban J connectivity index is 1.99. The zero-order valence-corrected chi connectivity index (χ0v) is 13.1. The lowest BCUT2D eigenvalue weighted by molar-refractivity contribution is 0.0760. The molecule has 0 saturated carbocycles. The van der Waals surface area contributed by atoms with E-state index in [9.17, 15) is 4.79 Å². The molecule has 1 aromatic carbocycles. The molecule has 0 spiro atoms. The predicted octanol–water partition coefficient (Wildman–Crippen LogP) is 1.72. The van der Waals surface area contributed by atoms with Crippen molar-refractivity contribution in [3.8, 4) is 0 Å². The number of carbonyl (C=O) groups excluding carboxylic acids is 1. The van der Waals surface area contributed by atoms with Crippen molar-refractivity contribution in [3.05, 3.63) is 28.8 Å². The molecule has 1 fully saturated rings. The van der Waals surface area contributed by atoms with Crippen LogP contribution in [0.4, 0.5) is 5.69 Å². The predicted molar refractivity (Wildman–Crippen MR) is 84.7 cm³/mol. The highest BCUT2D eigenvalue weighted by Gasteiger charge is 2.21. The molecular weight excluding hydrogens is 290 g/mol. The third-order valence-electron chi connectivity index (χ3n) is 3.73. The van der Waals surface area contributed by atoms with E-state index < -0.39 is 0 Å². The smallest absolute Gasteiger partial charge is 0.255 e. The van der Waals surface area contributed by atoms with Crippen molar-refractivity contribution in [2.24, 2.45) is 0 Å². The summed E-state index contributed by atoms with van der Waals surface area (Å²) in [7, 11) is 1.71. The third kappa shape index (κ3) is 4.33. The molecule has 1 aromatic rings. The lowest BCUT2D eigenvalue weighted by atomic mass is 10.1. The summed E-state index contributed by atoms with van der Waals surface area (Å²) < 4.78 is 5.10. The summed E-state index contributed by atoms with van der Waals surface area (Å²) in [5.41, 5.74) is 6.87. The van der Waals surface area contributed by atoms with E-state index in [-0.39, 0.29) is 5.91 Å². The number of ether oxygens (including phenoxy) is 1. The third-order valence-corrected chi connectivity index (χ3v) is 3.97. The zero-order chi connectivity index (χ0) is 15.2. The van der Waals surface area contributed by atoms with Crippen LogP contribution in [0.5, 0.6) is 0 Å². The van der Waals surface area contributed by atoms with Crippen LogP contribution in [-0.2, 0) is 4.74 Å². The van der Waals surface area contributed by atoms with Gasteiger partial charge in [-0.15, -0.1) is 0 Å². The molecule has 0 bridgehead atoms. The van der Waals surface area contributed by atoms with Crippen LogP contribution in [0, 0.1) is 0 Å². The molecule has 0 aromatic heterocycles. The molecule has 0 aliphatic carbocycles. The Labute approximate surface area is 130 Å². The number of nitrogens with two attached hydrogens (primary N) is 1. The Morgan fingerprint density at radius 2 is 2.14 bits per heavy atom. The van der Waals surface area contributed by atoms with Crippen LogP contribution in [0.1, 0.15) is 16.8 Å². The lowest BCUT2D eigenvalue weighted by Gasteiger charge is -2.22. The number of nitrogens with zero attached hydrogens (tertiary/aromatic N) is 2. The van der Waals surface area contributed by atoms with E-state index in [1.807, 2.05) is 4.90 Å². The van der Waals surface area contributed by atoms with E-state index in [1.165, 1.54) is 0 Å². The molecule has 1 aliphatic heterocycles. The first-order valence-corrected chi connectivity index (χ1v) is 7.55. The van der Waals surface area contributed by atoms with Crippen LogP contribution in [0.2, 0.25) is 5.02 Å². The van der Waals surface area contributed by atoms with Crippen molar-refractivity contribution in [2.75, 3.05) is 52.2 Å². The largest absolute Gasteiger partial charge is 0.398 e. The van der Waals surface area contributed by atoms with Gasteiger partial charge in [0.05, 0.1) is 12.2 Å². The Bertz CT molecular complexity index is 496. The van der Waals surface area contributed by atoms with Gasteiger partial charge in [0.25, 0.3) is 5.91 Å². The molecule has 1 amide bonds. The summed E-state index contributed by atoms with van der Waals surface area (Å²) in [5.74, 6) is -0.0160. The van der Waals surface area contributed by atoms with Gasteiger partial charge in [-0.05, 0) is 31.2 Å². The minimum absolute atomic E-state index is 0.0160. The fraction of sp³-hybridized carbons (Fsp3) is 0.533. The maximum absolute atomic E-state index is 12.6. The molecule has 0 atom stereocenters. The SMILES string of the molecule is COCCN1CCCN(C(=O)c2ccc(Cl)cc2N)CC1. The summed E-state index contributed by atoms with van der Waals surface area (Å²) in [5, 5.41) is 0.547. The Hall–Kier alpha value is -1.30. The van der Waals surface area contributed by atoms with Gasteiger partial charge in [0.2, 0.25) is 0 Å². The summed E-state index contributed by atoms with van der Waals surface area (Å²) in [6.45, 7) is 4.94. The average molecular weight is 312 g/mol. The molecule has 1 heterocycles. The van der Waals surface area contributed by atoms with E-state index in [0.29, 0.717) is 22.8 Å². The molecule has 6 heteroatoms. The van der Waals surface area contributed by atoms with Crippen molar-refractivity contribution in [1.82, 2.24) is 9.80 Å². The van der Waals surface area contributed by atoms with Gasteiger partial charge in [-0.2, -0.15) is 0 Å². The summed E-state index contributed by atoms with van der Waals surface area (Å²) in [4.78, 5) is 16.8. The van der Waals surface area contributed by atoms with Gasteiger partial charge < -0.3 is 15.4 Å². The number of nitrogen functional groups attached to an aromatic ring is 1. The average Bonchev–Trinajstić information content (AvgIpc) is 2.70. The van der Waals surface area contributed by atoms with E-state index >= 15 is 0 Å². The van der Waals surface area contributed by atoms with Gasteiger partial charge in [0, 0.05) is 44.0 Å². The van der Waals surface area contributed by atoms with Gasteiger partial charge >= 0.3 is 0 Å². The van der Waals surface area contributed by atoms with Crippen molar-refractivity contribution in [3.63, 3.8) is 0 Å². The fourth-order valence-electron chi connectivity index (χ4n) is 2.52. The molecule has 5 nitrogen and oxygen atoms in total. The molecule has 1 saturated heterocycles. The number of methoxy groups -OCH3 is 1. The molecular formula is C15H22ClN3O2. The summed E-state index contributed by atoms with van der Waals surface area (Å²) in [6, 6.07) is 5.03. The van der Waals surface area contributed by atoms with E-state index in [0.717, 1.165) is 39.2 Å². The highest BCUT2D eigenvalue weighted by atomic mass is 35.5. The molecule has 2 N–H and O–H groups in total. The van der Waals surface area contributed by atoms with Gasteiger partial charge in [-0.1, -0.05) is 11.6 Å². The molecule has 116 valence electrons. The zero-order valence-electron chi connectivity index (χ0n) is 12.3. The van der Waals surface area contributed by atoms with Crippen molar-refractivity contribution < 1.29 is 9.53 Å². The normalized spacial score (nSPS) is 16.8. The van der Waals surface area contributed by atoms with Crippen LogP contribution >= 0.6 is 11.6 Å². The second-order valence-electron chi connectivity index (χ2n) is 5.21. The monoisotopic (exact) mass is 311 g/mol. The fourth-order valence-corrected chi connectivity index (χ4v) is 2.70. The number of anilines is 1. The van der Waals surface area contributed by atoms with E-state index in [4.69, 9.17) is 22.1 Å². The minimum Gasteiger partial charge on any atom is -0.398 e. The van der Waals surface area contributed by atoms with Crippen LogP contribution in [0.15, 0.2) is 18.2 Å². The van der Waals surface area contributed by atoms with Gasteiger partial charge in [-0.25, -0.2) is 0 Å². The highest BCUT2D eigenvalue weighted by Crippen LogP contribution is 2.20. The number of hydrogen-bond acceptors (Lipinski definition) is 4. The first kappa shape index (κ1) is 16.1. The van der Waals surface area contributed by atoms with Crippen LogP contribution in [0.3, 0.4) is 0 Å². The first-order valence-electron chi connectivity index (χ1n) is 7.17. The number of hydrogen-bond donors (Lipinski definition) is 1. The molecule has 0 radical (unpaired) electrons. The Morgan fingerprint density at radius 3 is 2.86 bits per heavy atom. The Morgan fingerprint density at radius 1 is 1.33 bits per heavy atom. The number of carbonyl (C=O) groups is 1. The second kappa shape index (κ2) is 7.64. The number of benzene rings is 1. The standard InChI is InChI=1S/C15H22ClN3O2/c1-21-10-9-18-5-2-6-19(8-7-18)15(20)13-4-3-12(16)11-14(13)17/h3-4,11H,2,5-10,17H2,1H3. The first-order chi connectivity index (χ1) is 10.1. The van der Waals surface area contributed by atoms with Crippen LogP contribution in [-0.4, -0.2) is 62.1 Å². The van der Waals surface area contributed by atoms with Gasteiger partial charge in [-0.3, -0.25) is 9.69 Å². The van der Waals surface area contributed by atoms with Gasteiger partial charge in [0.15, 0.2) is 0 Å². The Kier molecular flexibility index (Phi) is 5.85. The summed E-state index contributed by atoms with van der Waals surface area (Å²) in [6.07, 6.45) is 0.961. The highest BCUT2D eigenvalue weighted by molar-refractivity contribution is 6.31. The second-order valence-corrected chi connectivity index (χ2v) is 5.65. The topological polar surface area (TPSA) is 58.8 Å². The minimum atomic E-state index is -0.0160. The van der Waals surface area contributed by atoms with Crippen molar-refractivity contribution in [2.45, 2.75) is 6.42 Å². The van der Waals surface area contributed by atoms with E-state index in [1.54, 1.807) is 25.3 Å². The van der Waals surface area contributed by atoms with Crippen LogP contribution in [0.25, 0.3) is 0 Å². The quantitative estimate of drug-likeness (QED) is 0.860. The molecule has 1 aliphatic rings.